The molecule has 7 nitrogen and oxygen atoms in total. The van der Waals surface area contributed by atoms with Crippen LogP contribution in [-0.2, 0) is 11.2 Å². The summed E-state index contributed by atoms with van der Waals surface area (Å²) in [5, 5.41) is 12.5. The molecule has 2 aromatic carbocycles. The summed E-state index contributed by atoms with van der Waals surface area (Å²) in [5.74, 6) is 1.55. The summed E-state index contributed by atoms with van der Waals surface area (Å²) in [6, 6.07) is 14.4. The summed E-state index contributed by atoms with van der Waals surface area (Å²) in [6.07, 6.45) is 0.505. The fourth-order valence-electron chi connectivity index (χ4n) is 2.87. The van der Waals surface area contributed by atoms with E-state index in [9.17, 15) is 9.59 Å². The highest BCUT2D eigenvalue weighted by Crippen LogP contribution is 2.25. The zero-order valence-electron chi connectivity index (χ0n) is 17.3. The molecule has 162 valence electrons. The Kier molecular flexibility index (Phi) is 8.08. The first kappa shape index (κ1) is 22.8. The maximum Gasteiger partial charge on any atom is 0.216 e. The van der Waals surface area contributed by atoms with Gasteiger partial charge in [0.1, 0.15) is 11.6 Å². The van der Waals surface area contributed by atoms with Gasteiger partial charge >= 0.3 is 0 Å². The molecule has 3 rings (SSSR count). The minimum atomic E-state index is -0.102. The SMILES string of the molecule is CCOc1ccc(-n2c(CCNC(C)=O)nnc2SCC(=O)c2ccc(Cl)cc2)cc1. The minimum Gasteiger partial charge on any atom is -0.494 e. The molecule has 0 saturated heterocycles. The smallest absolute Gasteiger partial charge is 0.216 e. The largest absolute Gasteiger partial charge is 0.494 e. The van der Waals surface area contributed by atoms with E-state index < -0.39 is 0 Å². The van der Waals surface area contributed by atoms with Crippen LogP contribution in [0.5, 0.6) is 5.75 Å². The highest BCUT2D eigenvalue weighted by Gasteiger charge is 2.17. The lowest BCUT2D eigenvalue weighted by Gasteiger charge is -2.11. The number of carbonyl (C=O) groups excluding carboxylic acids is 2. The molecule has 1 aromatic heterocycles. The number of benzene rings is 2. The molecule has 0 spiro atoms. The first-order chi connectivity index (χ1) is 15.0. The fourth-order valence-corrected chi connectivity index (χ4v) is 3.86. The second-order valence-electron chi connectivity index (χ2n) is 6.61. The minimum absolute atomic E-state index is 0.0253. The van der Waals surface area contributed by atoms with Gasteiger partial charge in [-0.2, -0.15) is 0 Å². The molecule has 0 fully saturated rings. The van der Waals surface area contributed by atoms with Gasteiger partial charge in [-0.15, -0.1) is 10.2 Å². The highest BCUT2D eigenvalue weighted by atomic mass is 35.5. The van der Waals surface area contributed by atoms with E-state index in [1.807, 2.05) is 35.8 Å². The van der Waals surface area contributed by atoms with E-state index in [-0.39, 0.29) is 17.4 Å². The van der Waals surface area contributed by atoms with Crippen LogP contribution in [0.2, 0.25) is 5.02 Å². The van der Waals surface area contributed by atoms with Crippen LogP contribution in [-0.4, -0.2) is 45.4 Å². The average Bonchev–Trinajstić information content (AvgIpc) is 3.16. The molecule has 1 amide bonds. The third kappa shape index (κ3) is 6.32. The normalized spacial score (nSPS) is 10.7. The Morgan fingerprint density at radius 2 is 1.81 bits per heavy atom. The first-order valence-electron chi connectivity index (χ1n) is 9.81. The van der Waals surface area contributed by atoms with Crippen molar-refractivity contribution in [2.24, 2.45) is 0 Å². The topological polar surface area (TPSA) is 86.1 Å². The summed E-state index contributed by atoms with van der Waals surface area (Å²) in [6.45, 7) is 4.43. The number of hydrogen-bond acceptors (Lipinski definition) is 6. The predicted molar refractivity (Wildman–Crippen MR) is 121 cm³/mol. The van der Waals surface area contributed by atoms with E-state index in [0.29, 0.717) is 41.1 Å². The van der Waals surface area contributed by atoms with Gasteiger partial charge < -0.3 is 10.1 Å². The Hall–Kier alpha value is -2.84. The Morgan fingerprint density at radius 1 is 1.10 bits per heavy atom. The van der Waals surface area contributed by atoms with Gasteiger partial charge in [-0.3, -0.25) is 14.2 Å². The van der Waals surface area contributed by atoms with Crippen molar-refractivity contribution in [2.45, 2.75) is 25.4 Å². The molecule has 0 aliphatic rings. The number of aromatic nitrogens is 3. The molecule has 1 N–H and O–H groups in total. The van der Waals surface area contributed by atoms with Gasteiger partial charge in [-0.05, 0) is 55.5 Å². The summed E-state index contributed by atoms with van der Waals surface area (Å²) in [5.41, 5.74) is 1.45. The molecule has 9 heteroatoms. The zero-order valence-corrected chi connectivity index (χ0v) is 18.9. The van der Waals surface area contributed by atoms with Crippen LogP contribution in [0.25, 0.3) is 5.69 Å². The number of ether oxygens (including phenoxy) is 1. The third-order valence-corrected chi connectivity index (χ3v) is 5.51. The van der Waals surface area contributed by atoms with Crippen molar-refractivity contribution in [3.05, 3.63) is 64.9 Å². The van der Waals surface area contributed by atoms with E-state index in [4.69, 9.17) is 16.3 Å². The van der Waals surface area contributed by atoms with Gasteiger partial charge in [-0.1, -0.05) is 23.4 Å². The van der Waals surface area contributed by atoms with Crippen LogP contribution >= 0.6 is 23.4 Å². The molecule has 0 radical (unpaired) electrons. The van der Waals surface area contributed by atoms with Gasteiger partial charge in [0, 0.05) is 36.2 Å². The Balaban J connectivity index is 1.81. The summed E-state index contributed by atoms with van der Waals surface area (Å²) in [4.78, 5) is 23.8. The van der Waals surface area contributed by atoms with E-state index in [0.717, 1.165) is 11.4 Å². The van der Waals surface area contributed by atoms with Crippen molar-refractivity contribution < 1.29 is 14.3 Å². The maximum atomic E-state index is 12.6. The van der Waals surface area contributed by atoms with Crippen molar-refractivity contribution in [3.8, 4) is 11.4 Å². The lowest BCUT2D eigenvalue weighted by atomic mass is 10.1. The average molecular weight is 459 g/mol. The van der Waals surface area contributed by atoms with Crippen LogP contribution in [0, 0.1) is 0 Å². The van der Waals surface area contributed by atoms with E-state index in [1.165, 1.54) is 18.7 Å². The van der Waals surface area contributed by atoms with Gasteiger partial charge in [0.05, 0.1) is 12.4 Å². The molecule has 31 heavy (non-hydrogen) atoms. The van der Waals surface area contributed by atoms with Crippen LogP contribution in [0.1, 0.15) is 30.0 Å². The second-order valence-corrected chi connectivity index (χ2v) is 7.99. The van der Waals surface area contributed by atoms with Gasteiger partial charge in [0.25, 0.3) is 0 Å². The molecule has 0 aliphatic heterocycles. The van der Waals surface area contributed by atoms with Crippen molar-refractivity contribution in [1.29, 1.82) is 0 Å². The summed E-state index contributed by atoms with van der Waals surface area (Å²) >= 11 is 7.21. The van der Waals surface area contributed by atoms with Crippen molar-refractivity contribution in [2.75, 3.05) is 18.9 Å². The molecule has 1 heterocycles. The van der Waals surface area contributed by atoms with Crippen LogP contribution in [0.15, 0.2) is 53.7 Å². The number of halogens is 1. The van der Waals surface area contributed by atoms with Gasteiger partial charge in [0.2, 0.25) is 5.91 Å². The fraction of sp³-hybridized carbons (Fsp3) is 0.273. The number of nitrogens with one attached hydrogen (secondary N) is 1. The molecule has 0 unspecified atom stereocenters. The zero-order chi connectivity index (χ0) is 22.2. The van der Waals surface area contributed by atoms with Gasteiger partial charge in [-0.25, -0.2) is 0 Å². The lowest BCUT2D eigenvalue weighted by molar-refractivity contribution is -0.118. The lowest BCUT2D eigenvalue weighted by Crippen LogP contribution is -2.23. The second kappa shape index (κ2) is 11.0. The summed E-state index contributed by atoms with van der Waals surface area (Å²) < 4.78 is 7.42. The molecule has 0 atom stereocenters. The quantitative estimate of drug-likeness (QED) is 0.365. The van der Waals surface area contributed by atoms with Gasteiger partial charge in [0.15, 0.2) is 10.9 Å². The van der Waals surface area contributed by atoms with E-state index >= 15 is 0 Å². The molecule has 0 aliphatic carbocycles. The number of hydrogen-bond donors (Lipinski definition) is 1. The Morgan fingerprint density at radius 3 is 2.45 bits per heavy atom. The first-order valence-corrected chi connectivity index (χ1v) is 11.2. The number of amides is 1. The predicted octanol–water partition coefficient (Wildman–Crippen LogP) is 3.97. The van der Waals surface area contributed by atoms with Crippen LogP contribution in [0.4, 0.5) is 0 Å². The number of nitrogens with zero attached hydrogens (tertiary/aromatic N) is 3. The number of rotatable bonds is 10. The third-order valence-electron chi connectivity index (χ3n) is 4.33. The molecule has 3 aromatic rings. The monoisotopic (exact) mass is 458 g/mol. The van der Waals surface area contributed by atoms with Crippen molar-refractivity contribution >= 4 is 35.1 Å². The number of Topliss-reactive ketones (excluding diaryl/α,β-unsaturated/α-hetero) is 1. The van der Waals surface area contributed by atoms with Crippen molar-refractivity contribution in [3.63, 3.8) is 0 Å². The van der Waals surface area contributed by atoms with Crippen molar-refractivity contribution in [1.82, 2.24) is 20.1 Å². The van der Waals surface area contributed by atoms with Crippen LogP contribution in [0.3, 0.4) is 0 Å². The Labute approximate surface area is 190 Å². The number of carbonyl (C=O) groups is 2. The van der Waals surface area contributed by atoms with E-state index in [1.54, 1.807) is 24.3 Å². The molecule has 0 saturated carbocycles. The Bertz CT molecular complexity index is 1040. The number of ketones is 1. The van der Waals surface area contributed by atoms with E-state index in [2.05, 4.69) is 15.5 Å². The maximum absolute atomic E-state index is 12.6. The summed E-state index contributed by atoms with van der Waals surface area (Å²) in [7, 11) is 0. The standard InChI is InChI=1S/C22H23ClN4O3S/c1-3-30-19-10-8-18(9-11-19)27-21(12-13-24-15(2)28)25-26-22(27)31-14-20(29)16-4-6-17(23)7-5-16/h4-11H,3,12-14H2,1-2H3,(H,24,28). The van der Waals surface area contributed by atoms with Crippen LogP contribution < -0.4 is 10.1 Å². The number of thioether (sulfide) groups is 1. The molecular weight excluding hydrogens is 436 g/mol. The highest BCUT2D eigenvalue weighted by molar-refractivity contribution is 7.99. The molecular formula is C22H23ClN4O3S. The molecule has 0 bridgehead atoms.